The van der Waals surface area contributed by atoms with E-state index in [0.29, 0.717) is 6.08 Å². The summed E-state index contributed by atoms with van der Waals surface area (Å²) < 4.78 is 37.7. The minimum atomic E-state index is -4.61. The van der Waals surface area contributed by atoms with Crippen LogP contribution in [0.4, 0.5) is 13.2 Å². The molecule has 0 saturated heterocycles. The molecule has 0 aromatic heterocycles. The molecule has 16 heavy (non-hydrogen) atoms. The number of benzene rings is 1. The van der Waals surface area contributed by atoms with Crippen LogP contribution in [-0.2, 0) is 11.0 Å². The Kier molecular flexibility index (Phi) is 3.59. The molecule has 1 N–H and O–H groups in total. The van der Waals surface area contributed by atoms with E-state index >= 15 is 0 Å². The van der Waals surface area contributed by atoms with Crippen LogP contribution >= 0.6 is 11.6 Å². The Labute approximate surface area is 94.0 Å². The van der Waals surface area contributed by atoms with E-state index in [1.807, 2.05) is 0 Å². The molecule has 0 spiro atoms. The topological polar surface area (TPSA) is 37.3 Å². The second-order valence-electron chi connectivity index (χ2n) is 2.87. The maximum atomic E-state index is 12.6. The Morgan fingerprint density at radius 3 is 2.50 bits per heavy atom. The fourth-order valence-electron chi connectivity index (χ4n) is 1.14. The van der Waals surface area contributed by atoms with Gasteiger partial charge in [0.2, 0.25) is 0 Å². The molecule has 0 aliphatic carbocycles. The van der Waals surface area contributed by atoms with Crippen LogP contribution in [-0.4, -0.2) is 11.1 Å². The highest BCUT2D eigenvalue weighted by molar-refractivity contribution is 6.31. The van der Waals surface area contributed by atoms with Crippen molar-refractivity contribution in [2.75, 3.05) is 0 Å². The first-order valence-corrected chi connectivity index (χ1v) is 4.47. The zero-order valence-corrected chi connectivity index (χ0v) is 8.51. The molecule has 1 rings (SSSR count). The van der Waals surface area contributed by atoms with Crippen molar-refractivity contribution in [2.24, 2.45) is 0 Å². The molecule has 86 valence electrons. The number of hydrogen-bond donors (Lipinski definition) is 1. The smallest absolute Gasteiger partial charge is 0.418 e. The number of alkyl halides is 3. The van der Waals surface area contributed by atoms with Crippen molar-refractivity contribution in [1.29, 1.82) is 0 Å². The molecule has 0 radical (unpaired) electrons. The average molecular weight is 251 g/mol. The van der Waals surface area contributed by atoms with E-state index in [0.717, 1.165) is 18.2 Å². The number of carboxylic acids is 1. The molecule has 0 aliphatic rings. The van der Waals surface area contributed by atoms with Crippen LogP contribution in [0.3, 0.4) is 0 Å². The first-order valence-electron chi connectivity index (χ1n) is 4.09. The number of carbonyl (C=O) groups is 1. The van der Waals surface area contributed by atoms with Crippen molar-refractivity contribution in [3.05, 3.63) is 40.4 Å². The molecule has 0 heterocycles. The second-order valence-corrected chi connectivity index (χ2v) is 3.28. The SMILES string of the molecule is O=C(O)C=Cc1cccc(Cl)c1C(F)(F)F. The summed E-state index contributed by atoms with van der Waals surface area (Å²) in [4.78, 5) is 10.2. The van der Waals surface area contributed by atoms with Crippen molar-refractivity contribution in [3.63, 3.8) is 0 Å². The number of halogens is 4. The molecule has 0 unspecified atom stereocenters. The minimum Gasteiger partial charge on any atom is -0.478 e. The van der Waals surface area contributed by atoms with Crippen LogP contribution in [0.15, 0.2) is 24.3 Å². The van der Waals surface area contributed by atoms with Crippen molar-refractivity contribution >= 4 is 23.6 Å². The van der Waals surface area contributed by atoms with Gasteiger partial charge in [-0.15, -0.1) is 0 Å². The third-order valence-corrected chi connectivity index (χ3v) is 2.05. The highest BCUT2D eigenvalue weighted by Crippen LogP contribution is 2.37. The zero-order valence-electron chi connectivity index (χ0n) is 7.75. The second kappa shape index (κ2) is 4.57. The highest BCUT2D eigenvalue weighted by atomic mass is 35.5. The van der Waals surface area contributed by atoms with Crippen LogP contribution in [0.2, 0.25) is 5.02 Å². The van der Waals surface area contributed by atoms with Gasteiger partial charge in [0.25, 0.3) is 0 Å². The summed E-state index contributed by atoms with van der Waals surface area (Å²) >= 11 is 5.43. The van der Waals surface area contributed by atoms with Gasteiger partial charge in [-0.25, -0.2) is 4.79 Å². The van der Waals surface area contributed by atoms with E-state index < -0.39 is 22.7 Å². The van der Waals surface area contributed by atoms with Gasteiger partial charge in [-0.3, -0.25) is 0 Å². The molecule has 0 bridgehead atoms. The zero-order chi connectivity index (χ0) is 12.3. The largest absolute Gasteiger partial charge is 0.478 e. The van der Waals surface area contributed by atoms with Crippen molar-refractivity contribution in [3.8, 4) is 0 Å². The summed E-state index contributed by atoms with van der Waals surface area (Å²) in [5.74, 6) is -1.33. The summed E-state index contributed by atoms with van der Waals surface area (Å²) in [6.45, 7) is 0. The predicted molar refractivity (Wildman–Crippen MR) is 53.1 cm³/mol. The number of aliphatic carboxylic acids is 1. The predicted octanol–water partition coefficient (Wildman–Crippen LogP) is 3.46. The van der Waals surface area contributed by atoms with E-state index in [9.17, 15) is 18.0 Å². The van der Waals surface area contributed by atoms with E-state index in [-0.39, 0.29) is 5.56 Å². The summed E-state index contributed by atoms with van der Waals surface area (Å²) in [6.07, 6.45) is -3.13. The lowest BCUT2D eigenvalue weighted by Gasteiger charge is -2.11. The maximum Gasteiger partial charge on any atom is 0.418 e. The molecule has 1 aromatic rings. The Morgan fingerprint density at radius 2 is 2.00 bits per heavy atom. The van der Waals surface area contributed by atoms with Gasteiger partial charge < -0.3 is 5.11 Å². The van der Waals surface area contributed by atoms with E-state index in [4.69, 9.17) is 16.7 Å². The minimum absolute atomic E-state index is 0.276. The van der Waals surface area contributed by atoms with Crippen LogP contribution in [0.5, 0.6) is 0 Å². The third kappa shape index (κ3) is 3.00. The summed E-state index contributed by atoms with van der Waals surface area (Å²) in [5.41, 5.74) is -1.31. The summed E-state index contributed by atoms with van der Waals surface area (Å²) in [7, 11) is 0. The Hall–Kier alpha value is -1.49. The van der Waals surface area contributed by atoms with Gasteiger partial charge in [0.15, 0.2) is 0 Å². The van der Waals surface area contributed by atoms with E-state index in [1.54, 1.807) is 0 Å². The molecule has 0 amide bonds. The number of hydrogen-bond acceptors (Lipinski definition) is 1. The van der Waals surface area contributed by atoms with Gasteiger partial charge in [0, 0.05) is 6.08 Å². The lowest BCUT2D eigenvalue weighted by atomic mass is 10.1. The fourth-order valence-corrected chi connectivity index (χ4v) is 1.43. The molecule has 0 aliphatic heterocycles. The maximum absolute atomic E-state index is 12.6. The van der Waals surface area contributed by atoms with Crippen LogP contribution in [0.1, 0.15) is 11.1 Å². The standard InChI is InChI=1S/C10H6ClF3O2/c11-7-3-1-2-6(4-5-8(15)16)9(7)10(12,13)14/h1-5H,(H,15,16). The van der Waals surface area contributed by atoms with Gasteiger partial charge >= 0.3 is 12.1 Å². The lowest BCUT2D eigenvalue weighted by Crippen LogP contribution is -2.08. The summed E-state index contributed by atoms with van der Waals surface area (Å²) in [6, 6.07) is 3.57. The molecule has 0 atom stereocenters. The Balaban J connectivity index is 3.29. The Morgan fingerprint density at radius 1 is 1.38 bits per heavy atom. The van der Waals surface area contributed by atoms with E-state index in [1.165, 1.54) is 6.07 Å². The summed E-state index contributed by atoms with van der Waals surface area (Å²) in [5, 5.41) is 7.88. The average Bonchev–Trinajstić information content (AvgIpc) is 2.12. The van der Waals surface area contributed by atoms with E-state index in [2.05, 4.69) is 0 Å². The van der Waals surface area contributed by atoms with Crippen LogP contribution in [0, 0.1) is 0 Å². The normalized spacial score (nSPS) is 12.0. The van der Waals surface area contributed by atoms with Gasteiger partial charge in [0.1, 0.15) is 0 Å². The highest BCUT2D eigenvalue weighted by Gasteiger charge is 2.35. The molecular formula is C10H6ClF3O2. The van der Waals surface area contributed by atoms with Gasteiger partial charge in [0.05, 0.1) is 10.6 Å². The molecule has 0 fully saturated rings. The van der Waals surface area contributed by atoms with Crippen LogP contribution in [0.25, 0.3) is 6.08 Å². The first kappa shape index (κ1) is 12.6. The number of carboxylic acid groups (broad SMARTS) is 1. The van der Waals surface area contributed by atoms with Crippen molar-refractivity contribution in [2.45, 2.75) is 6.18 Å². The molecule has 2 nitrogen and oxygen atoms in total. The molecule has 1 aromatic carbocycles. The molecule has 6 heteroatoms. The van der Waals surface area contributed by atoms with Gasteiger partial charge in [-0.05, 0) is 17.7 Å². The molecule has 0 saturated carbocycles. The van der Waals surface area contributed by atoms with Crippen molar-refractivity contribution in [1.82, 2.24) is 0 Å². The lowest BCUT2D eigenvalue weighted by molar-refractivity contribution is -0.137. The van der Waals surface area contributed by atoms with Gasteiger partial charge in [-0.2, -0.15) is 13.2 Å². The fraction of sp³-hybridized carbons (Fsp3) is 0.100. The third-order valence-electron chi connectivity index (χ3n) is 1.73. The van der Waals surface area contributed by atoms with Crippen LogP contribution < -0.4 is 0 Å². The van der Waals surface area contributed by atoms with Crippen molar-refractivity contribution < 1.29 is 23.1 Å². The molecular weight excluding hydrogens is 245 g/mol. The number of rotatable bonds is 2. The first-order chi connectivity index (χ1) is 7.32. The quantitative estimate of drug-likeness (QED) is 0.816. The Bertz CT molecular complexity index is 438. The monoisotopic (exact) mass is 250 g/mol. The van der Waals surface area contributed by atoms with Gasteiger partial charge in [-0.1, -0.05) is 23.7 Å².